The van der Waals surface area contributed by atoms with Crippen molar-refractivity contribution in [1.82, 2.24) is 4.90 Å². The molecular weight excluding hydrogens is 298 g/mol. The summed E-state index contributed by atoms with van der Waals surface area (Å²) >= 11 is 0. The largest absolute Gasteiger partial charge is 0.342 e. The van der Waals surface area contributed by atoms with Crippen LogP contribution >= 0.6 is 0 Å². The third-order valence-electron chi connectivity index (χ3n) is 4.77. The lowest BCUT2D eigenvalue weighted by molar-refractivity contribution is -0.136. The van der Waals surface area contributed by atoms with E-state index >= 15 is 0 Å². The minimum Gasteiger partial charge on any atom is -0.342 e. The third-order valence-corrected chi connectivity index (χ3v) is 5.85. The molecule has 0 bridgehead atoms. The maximum atomic E-state index is 12.8. The standard InChI is InChI=1S/C17H23NO3S/c1-22(20,21)12-13-5-4-8-18(11-13)17(19)16-9-14-6-2-3-7-15(14)10-16/h2-3,6-7,13,16H,4-5,8-12H2,1H3. The smallest absolute Gasteiger partial charge is 0.226 e. The summed E-state index contributed by atoms with van der Waals surface area (Å²) in [6.45, 7) is 1.37. The van der Waals surface area contributed by atoms with Crippen molar-refractivity contribution >= 4 is 15.7 Å². The van der Waals surface area contributed by atoms with Crippen LogP contribution < -0.4 is 0 Å². The van der Waals surface area contributed by atoms with E-state index in [0.29, 0.717) is 6.54 Å². The number of rotatable bonds is 3. The van der Waals surface area contributed by atoms with Gasteiger partial charge in [0.25, 0.3) is 0 Å². The van der Waals surface area contributed by atoms with E-state index in [1.807, 2.05) is 17.0 Å². The van der Waals surface area contributed by atoms with E-state index in [4.69, 9.17) is 0 Å². The molecule has 0 N–H and O–H groups in total. The van der Waals surface area contributed by atoms with Gasteiger partial charge in [0.2, 0.25) is 5.91 Å². The summed E-state index contributed by atoms with van der Waals surface area (Å²) < 4.78 is 23.0. The quantitative estimate of drug-likeness (QED) is 0.851. The summed E-state index contributed by atoms with van der Waals surface area (Å²) in [6.07, 6.45) is 4.74. The molecule has 1 amide bonds. The molecule has 1 fully saturated rings. The van der Waals surface area contributed by atoms with Crippen LogP contribution in [0.4, 0.5) is 0 Å². The third kappa shape index (κ3) is 3.51. The average molecular weight is 321 g/mol. The second-order valence-corrected chi connectivity index (χ2v) is 8.94. The van der Waals surface area contributed by atoms with E-state index in [1.165, 1.54) is 17.4 Å². The number of hydrogen-bond donors (Lipinski definition) is 0. The first-order valence-corrected chi connectivity index (χ1v) is 10.0. The number of benzene rings is 1. The Morgan fingerprint density at radius 3 is 2.45 bits per heavy atom. The van der Waals surface area contributed by atoms with Crippen LogP contribution in [0.2, 0.25) is 0 Å². The fourth-order valence-electron chi connectivity index (χ4n) is 3.82. The Balaban J connectivity index is 1.63. The molecule has 1 aromatic carbocycles. The van der Waals surface area contributed by atoms with Gasteiger partial charge in [-0.2, -0.15) is 0 Å². The molecule has 4 nitrogen and oxygen atoms in total. The van der Waals surface area contributed by atoms with Crippen molar-refractivity contribution in [3.05, 3.63) is 35.4 Å². The number of hydrogen-bond acceptors (Lipinski definition) is 3. The van der Waals surface area contributed by atoms with Gasteiger partial charge in [0.15, 0.2) is 0 Å². The van der Waals surface area contributed by atoms with Gasteiger partial charge in [0.1, 0.15) is 9.84 Å². The lowest BCUT2D eigenvalue weighted by atomic mass is 9.97. The molecule has 1 unspecified atom stereocenters. The highest BCUT2D eigenvalue weighted by Crippen LogP contribution is 2.29. The molecule has 0 aromatic heterocycles. The first-order valence-electron chi connectivity index (χ1n) is 7.95. The van der Waals surface area contributed by atoms with Gasteiger partial charge in [-0.25, -0.2) is 8.42 Å². The highest BCUT2D eigenvalue weighted by Gasteiger charge is 2.33. The molecule has 1 saturated heterocycles. The van der Waals surface area contributed by atoms with Gasteiger partial charge < -0.3 is 4.90 Å². The Kier molecular flexibility index (Phi) is 4.26. The summed E-state index contributed by atoms with van der Waals surface area (Å²) in [5.74, 6) is 0.530. The van der Waals surface area contributed by atoms with Crippen molar-refractivity contribution in [2.24, 2.45) is 11.8 Å². The molecule has 1 heterocycles. The summed E-state index contributed by atoms with van der Waals surface area (Å²) in [6, 6.07) is 8.25. The Morgan fingerprint density at radius 2 is 1.86 bits per heavy atom. The van der Waals surface area contributed by atoms with Gasteiger partial charge in [-0.05, 0) is 42.7 Å². The molecule has 0 saturated carbocycles. The van der Waals surface area contributed by atoms with E-state index in [-0.39, 0.29) is 23.5 Å². The Hall–Kier alpha value is -1.36. The molecule has 3 rings (SSSR count). The first-order chi connectivity index (χ1) is 10.4. The highest BCUT2D eigenvalue weighted by atomic mass is 32.2. The maximum absolute atomic E-state index is 12.8. The molecule has 120 valence electrons. The summed E-state index contributed by atoms with van der Waals surface area (Å²) in [5.41, 5.74) is 2.57. The van der Waals surface area contributed by atoms with Crippen LogP contribution in [0.15, 0.2) is 24.3 Å². The van der Waals surface area contributed by atoms with Crippen LogP contribution in [0, 0.1) is 11.8 Å². The molecule has 1 aliphatic heterocycles. The zero-order valence-corrected chi connectivity index (χ0v) is 13.8. The van der Waals surface area contributed by atoms with Crippen LogP contribution in [0.25, 0.3) is 0 Å². The van der Waals surface area contributed by atoms with Gasteiger partial charge in [-0.1, -0.05) is 24.3 Å². The second kappa shape index (κ2) is 6.03. The number of amides is 1. The number of carbonyl (C=O) groups excluding carboxylic acids is 1. The zero-order chi connectivity index (χ0) is 15.7. The second-order valence-electron chi connectivity index (χ2n) is 6.76. The van der Waals surface area contributed by atoms with Gasteiger partial charge in [-0.15, -0.1) is 0 Å². The van der Waals surface area contributed by atoms with Crippen molar-refractivity contribution in [3.63, 3.8) is 0 Å². The van der Waals surface area contributed by atoms with Crippen LogP contribution in [-0.4, -0.2) is 44.3 Å². The molecule has 1 aromatic rings. The molecule has 0 spiro atoms. The topological polar surface area (TPSA) is 54.5 Å². The molecule has 22 heavy (non-hydrogen) atoms. The van der Waals surface area contributed by atoms with Crippen molar-refractivity contribution in [1.29, 1.82) is 0 Å². The normalized spacial score (nSPS) is 22.6. The predicted molar refractivity (Wildman–Crippen MR) is 86.4 cm³/mol. The summed E-state index contributed by atoms with van der Waals surface area (Å²) in [4.78, 5) is 14.7. The van der Waals surface area contributed by atoms with E-state index in [2.05, 4.69) is 12.1 Å². The van der Waals surface area contributed by atoms with Gasteiger partial charge >= 0.3 is 0 Å². The fraction of sp³-hybridized carbons (Fsp3) is 0.588. The van der Waals surface area contributed by atoms with Crippen molar-refractivity contribution in [3.8, 4) is 0 Å². The minimum absolute atomic E-state index is 0.0365. The van der Waals surface area contributed by atoms with E-state index < -0.39 is 9.84 Å². The number of piperidine rings is 1. The minimum atomic E-state index is -2.97. The van der Waals surface area contributed by atoms with Crippen molar-refractivity contribution in [2.45, 2.75) is 25.7 Å². The van der Waals surface area contributed by atoms with E-state index in [1.54, 1.807) is 0 Å². The highest BCUT2D eigenvalue weighted by molar-refractivity contribution is 7.90. The lowest BCUT2D eigenvalue weighted by Crippen LogP contribution is -2.44. The zero-order valence-electron chi connectivity index (χ0n) is 13.0. The molecule has 1 atom stereocenters. The SMILES string of the molecule is CS(=O)(=O)CC1CCCN(C(=O)C2Cc3ccccc3C2)C1. The molecule has 1 aliphatic carbocycles. The van der Waals surface area contributed by atoms with Gasteiger partial charge in [0.05, 0.1) is 5.75 Å². The van der Waals surface area contributed by atoms with Crippen LogP contribution in [0.3, 0.4) is 0 Å². The number of sulfone groups is 1. The monoisotopic (exact) mass is 321 g/mol. The number of fused-ring (bicyclic) bond motifs is 1. The summed E-state index contributed by atoms with van der Waals surface area (Å²) in [5, 5.41) is 0. The Morgan fingerprint density at radius 1 is 1.23 bits per heavy atom. The first kappa shape index (κ1) is 15.5. The number of carbonyl (C=O) groups is 1. The predicted octanol–water partition coefficient (Wildman–Crippen LogP) is 1.68. The van der Waals surface area contributed by atoms with E-state index in [0.717, 1.165) is 32.2 Å². The Labute approximate surface area is 132 Å². The van der Waals surface area contributed by atoms with Crippen molar-refractivity contribution in [2.75, 3.05) is 25.1 Å². The fourth-order valence-corrected chi connectivity index (χ4v) is 4.95. The lowest BCUT2D eigenvalue weighted by Gasteiger charge is -2.34. The van der Waals surface area contributed by atoms with Gasteiger partial charge in [0, 0.05) is 25.3 Å². The summed E-state index contributed by atoms with van der Waals surface area (Å²) in [7, 11) is -2.97. The van der Waals surface area contributed by atoms with Crippen LogP contribution in [0.1, 0.15) is 24.0 Å². The molecule has 5 heteroatoms. The van der Waals surface area contributed by atoms with Crippen molar-refractivity contribution < 1.29 is 13.2 Å². The molecule has 0 radical (unpaired) electrons. The van der Waals surface area contributed by atoms with Crippen LogP contribution in [-0.2, 0) is 27.5 Å². The van der Waals surface area contributed by atoms with Crippen LogP contribution in [0.5, 0.6) is 0 Å². The average Bonchev–Trinajstić information content (AvgIpc) is 2.88. The number of nitrogens with zero attached hydrogens (tertiary/aromatic N) is 1. The van der Waals surface area contributed by atoms with Gasteiger partial charge in [-0.3, -0.25) is 4.79 Å². The molecule has 2 aliphatic rings. The molecular formula is C17H23NO3S. The van der Waals surface area contributed by atoms with E-state index in [9.17, 15) is 13.2 Å². The Bertz CT molecular complexity index is 643. The number of likely N-dealkylation sites (tertiary alicyclic amines) is 1. The maximum Gasteiger partial charge on any atom is 0.226 e.